The highest BCUT2D eigenvalue weighted by Gasteiger charge is 2.17. The Kier molecular flexibility index (Phi) is 4.80. The molecule has 134 valence electrons. The standard InChI is InChI=1S/C20H21ClN4O/c1-26-18-10-9-14(13-16(18)21)22-20-23-17-8-4-3-7-15(17)19(24-20)25-11-5-2-6-12-25/h3-4,7-10,13H,2,5-6,11-12H2,1H3,(H,22,23,24). The summed E-state index contributed by atoms with van der Waals surface area (Å²) in [5.74, 6) is 2.22. The summed E-state index contributed by atoms with van der Waals surface area (Å²) in [5.41, 5.74) is 1.76. The largest absolute Gasteiger partial charge is 0.495 e. The summed E-state index contributed by atoms with van der Waals surface area (Å²) < 4.78 is 5.21. The second-order valence-electron chi connectivity index (χ2n) is 6.41. The first-order valence-electron chi connectivity index (χ1n) is 8.87. The molecule has 1 aliphatic rings. The first-order valence-corrected chi connectivity index (χ1v) is 9.25. The summed E-state index contributed by atoms with van der Waals surface area (Å²) in [6.07, 6.45) is 3.69. The molecule has 2 heterocycles. The third-order valence-corrected chi connectivity index (χ3v) is 4.94. The summed E-state index contributed by atoms with van der Waals surface area (Å²) in [6.45, 7) is 2.07. The summed E-state index contributed by atoms with van der Waals surface area (Å²) in [6, 6.07) is 13.7. The van der Waals surface area contributed by atoms with Crippen LogP contribution in [0.5, 0.6) is 5.75 Å². The number of rotatable bonds is 4. The van der Waals surface area contributed by atoms with Crippen LogP contribution in [0.25, 0.3) is 10.9 Å². The van der Waals surface area contributed by atoms with Crippen LogP contribution in [0.15, 0.2) is 42.5 Å². The van der Waals surface area contributed by atoms with Crippen LogP contribution >= 0.6 is 11.6 Å². The number of methoxy groups -OCH3 is 1. The number of fused-ring (bicyclic) bond motifs is 1. The molecule has 1 aromatic heterocycles. The van der Waals surface area contributed by atoms with E-state index in [1.54, 1.807) is 7.11 Å². The van der Waals surface area contributed by atoms with Gasteiger partial charge in [-0.2, -0.15) is 4.98 Å². The second-order valence-corrected chi connectivity index (χ2v) is 6.82. The lowest BCUT2D eigenvalue weighted by atomic mass is 10.1. The maximum Gasteiger partial charge on any atom is 0.229 e. The van der Waals surface area contributed by atoms with E-state index in [0.717, 1.165) is 35.5 Å². The number of ether oxygens (including phenoxy) is 1. The molecule has 0 bridgehead atoms. The first kappa shape index (κ1) is 16.9. The number of nitrogens with zero attached hydrogens (tertiary/aromatic N) is 3. The molecule has 5 nitrogen and oxygen atoms in total. The third kappa shape index (κ3) is 3.40. The predicted octanol–water partition coefficient (Wildman–Crippen LogP) is 5.03. The smallest absolute Gasteiger partial charge is 0.229 e. The molecule has 2 aromatic carbocycles. The number of para-hydroxylation sites is 1. The van der Waals surface area contributed by atoms with Crippen LogP contribution in [-0.2, 0) is 0 Å². The van der Waals surface area contributed by atoms with Crippen LogP contribution in [0.2, 0.25) is 5.02 Å². The van der Waals surface area contributed by atoms with E-state index in [1.807, 2.05) is 36.4 Å². The lowest BCUT2D eigenvalue weighted by molar-refractivity contribution is 0.415. The Hall–Kier alpha value is -2.53. The molecular weight excluding hydrogens is 348 g/mol. The number of aromatic nitrogens is 2. The fraction of sp³-hybridized carbons (Fsp3) is 0.300. The van der Waals surface area contributed by atoms with Crippen molar-refractivity contribution in [1.82, 2.24) is 9.97 Å². The first-order chi connectivity index (χ1) is 12.7. The van der Waals surface area contributed by atoms with Gasteiger partial charge < -0.3 is 15.0 Å². The highest BCUT2D eigenvalue weighted by molar-refractivity contribution is 6.32. The van der Waals surface area contributed by atoms with Crippen molar-refractivity contribution in [3.63, 3.8) is 0 Å². The Bertz CT molecular complexity index is 925. The lowest BCUT2D eigenvalue weighted by Crippen LogP contribution is -2.30. The number of benzene rings is 2. The fourth-order valence-corrected chi connectivity index (χ4v) is 3.59. The molecule has 0 unspecified atom stereocenters. The summed E-state index contributed by atoms with van der Waals surface area (Å²) in [4.78, 5) is 11.9. The third-order valence-electron chi connectivity index (χ3n) is 4.65. The van der Waals surface area contributed by atoms with Crippen LogP contribution in [0.4, 0.5) is 17.5 Å². The second kappa shape index (κ2) is 7.38. The molecule has 1 saturated heterocycles. The molecule has 1 fully saturated rings. The van der Waals surface area contributed by atoms with Gasteiger partial charge in [-0.15, -0.1) is 0 Å². The van der Waals surface area contributed by atoms with Gasteiger partial charge in [0.25, 0.3) is 0 Å². The zero-order valence-corrected chi connectivity index (χ0v) is 15.5. The molecule has 1 N–H and O–H groups in total. The van der Waals surface area contributed by atoms with Crippen LogP contribution in [0, 0.1) is 0 Å². The van der Waals surface area contributed by atoms with Gasteiger partial charge in [-0.25, -0.2) is 4.98 Å². The van der Waals surface area contributed by atoms with Crippen molar-refractivity contribution in [2.45, 2.75) is 19.3 Å². The van der Waals surface area contributed by atoms with E-state index in [2.05, 4.69) is 21.3 Å². The Morgan fingerprint density at radius 2 is 1.85 bits per heavy atom. The number of hydrogen-bond acceptors (Lipinski definition) is 5. The Labute approximate surface area is 158 Å². The predicted molar refractivity (Wildman–Crippen MR) is 107 cm³/mol. The number of hydrogen-bond donors (Lipinski definition) is 1. The van der Waals surface area contributed by atoms with Crippen molar-refractivity contribution in [2.24, 2.45) is 0 Å². The molecule has 0 saturated carbocycles. The number of halogens is 1. The van der Waals surface area contributed by atoms with E-state index in [9.17, 15) is 0 Å². The van der Waals surface area contributed by atoms with E-state index < -0.39 is 0 Å². The SMILES string of the molecule is COc1ccc(Nc2nc(N3CCCCC3)c3ccccc3n2)cc1Cl. The van der Waals surface area contributed by atoms with Gasteiger partial charge >= 0.3 is 0 Å². The maximum atomic E-state index is 6.23. The van der Waals surface area contributed by atoms with Gasteiger partial charge in [-0.1, -0.05) is 23.7 Å². The van der Waals surface area contributed by atoms with Crippen molar-refractivity contribution in [1.29, 1.82) is 0 Å². The van der Waals surface area contributed by atoms with Crippen molar-refractivity contribution < 1.29 is 4.74 Å². The van der Waals surface area contributed by atoms with Gasteiger partial charge in [-0.3, -0.25) is 0 Å². The van der Waals surface area contributed by atoms with Gasteiger partial charge in [0.2, 0.25) is 5.95 Å². The van der Waals surface area contributed by atoms with Crippen molar-refractivity contribution in [3.05, 3.63) is 47.5 Å². The van der Waals surface area contributed by atoms with E-state index in [0.29, 0.717) is 16.7 Å². The van der Waals surface area contributed by atoms with E-state index >= 15 is 0 Å². The summed E-state index contributed by atoms with van der Waals surface area (Å²) in [5, 5.41) is 4.92. The van der Waals surface area contributed by atoms with Crippen molar-refractivity contribution >= 4 is 40.0 Å². The molecular formula is C20H21ClN4O. The molecule has 0 spiro atoms. The summed E-state index contributed by atoms with van der Waals surface area (Å²) in [7, 11) is 1.60. The monoisotopic (exact) mass is 368 g/mol. The fourth-order valence-electron chi connectivity index (χ4n) is 3.34. The van der Waals surface area contributed by atoms with Crippen LogP contribution in [0.3, 0.4) is 0 Å². The molecule has 3 aromatic rings. The van der Waals surface area contributed by atoms with E-state index in [4.69, 9.17) is 21.3 Å². The highest BCUT2D eigenvalue weighted by Crippen LogP contribution is 2.31. The van der Waals surface area contributed by atoms with Gasteiger partial charge in [0.15, 0.2) is 0 Å². The summed E-state index contributed by atoms with van der Waals surface area (Å²) >= 11 is 6.23. The van der Waals surface area contributed by atoms with Gasteiger partial charge in [0.05, 0.1) is 17.6 Å². The Morgan fingerprint density at radius 1 is 1.04 bits per heavy atom. The minimum atomic E-state index is 0.551. The topological polar surface area (TPSA) is 50.3 Å². The quantitative estimate of drug-likeness (QED) is 0.700. The lowest BCUT2D eigenvalue weighted by Gasteiger charge is -2.29. The van der Waals surface area contributed by atoms with Gasteiger partial charge in [0.1, 0.15) is 11.6 Å². The van der Waals surface area contributed by atoms with E-state index in [-0.39, 0.29) is 0 Å². The minimum absolute atomic E-state index is 0.551. The molecule has 1 aliphatic heterocycles. The zero-order valence-electron chi connectivity index (χ0n) is 14.7. The highest BCUT2D eigenvalue weighted by atomic mass is 35.5. The van der Waals surface area contributed by atoms with Crippen LogP contribution in [-0.4, -0.2) is 30.2 Å². The molecule has 0 aliphatic carbocycles. The van der Waals surface area contributed by atoms with E-state index in [1.165, 1.54) is 19.3 Å². The molecule has 6 heteroatoms. The molecule has 0 atom stereocenters. The maximum absolute atomic E-state index is 6.23. The average molecular weight is 369 g/mol. The van der Waals surface area contributed by atoms with Gasteiger partial charge in [-0.05, 0) is 49.6 Å². The zero-order chi connectivity index (χ0) is 17.9. The van der Waals surface area contributed by atoms with Crippen LogP contribution < -0.4 is 15.0 Å². The van der Waals surface area contributed by atoms with Crippen LogP contribution in [0.1, 0.15) is 19.3 Å². The average Bonchev–Trinajstić information content (AvgIpc) is 2.68. The molecule has 0 amide bonds. The number of anilines is 3. The van der Waals surface area contributed by atoms with Crippen molar-refractivity contribution in [2.75, 3.05) is 30.4 Å². The number of nitrogens with one attached hydrogen (secondary N) is 1. The normalized spacial score (nSPS) is 14.5. The van der Waals surface area contributed by atoms with Gasteiger partial charge in [0, 0.05) is 24.2 Å². The molecule has 0 radical (unpaired) electrons. The molecule has 4 rings (SSSR count). The van der Waals surface area contributed by atoms with Crippen molar-refractivity contribution in [3.8, 4) is 5.75 Å². The molecule has 26 heavy (non-hydrogen) atoms. The Morgan fingerprint density at radius 3 is 2.62 bits per heavy atom. The number of piperidine rings is 1. The minimum Gasteiger partial charge on any atom is -0.495 e. The Balaban J connectivity index is 1.72.